The Balaban J connectivity index is 1.93. The third-order valence-corrected chi connectivity index (χ3v) is 5.90. The van der Waals surface area contributed by atoms with Gasteiger partial charge in [0, 0.05) is 6.07 Å². The van der Waals surface area contributed by atoms with Crippen LogP contribution in [0.15, 0.2) is 18.2 Å². The molecular weight excluding hydrogens is 448 g/mol. The van der Waals surface area contributed by atoms with E-state index in [0.717, 1.165) is 36.2 Å². The van der Waals surface area contributed by atoms with Crippen LogP contribution in [0.25, 0.3) is 0 Å². The minimum Gasteiger partial charge on any atom is -0.344 e. The molecule has 0 spiro atoms. The second-order valence-electron chi connectivity index (χ2n) is 9.28. The maximum Gasteiger partial charge on any atom is 0.248 e. The van der Waals surface area contributed by atoms with Crippen LogP contribution in [0.4, 0.5) is 13.9 Å². The molecule has 0 saturated carbocycles. The molecular formula is C23H33F2N5O2S. The Labute approximate surface area is 197 Å². The highest BCUT2D eigenvalue weighted by molar-refractivity contribution is 7.15. The van der Waals surface area contributed by atoms with Crippen LogP contribution in [0.1, 0.15) is 70.5 Å². The van der Waals surface area contributed by atoms with Crippen molar-refractivity contribution in [1.29, 1.82) is 0 Å². The second-order valence-corrected chi connectivity index (χ2v) is 10.3. The lowest BCUT2D eigenvalue weighted by Crippen LogP contribution is -2.44. The third kappa shape index (κ3) is 9.51. The van der Waals surface area contributed by atoms with Gasteiger partial charge in [-0.15, -0.1) is 10.2 Å². The number of aromatic nitrogens is 2. The molecule has 0 radical (unpaired) electrons. The van der Waals surface area contributed by atoms with E-state index < -0.39 is 29.5 Å². The van der Waals surface area contributed by atoms with Crippen molar-refractivity contribution in [3.8, 4) is 0 Å². The van der Waals surface area contributed by atoms with Crippen molar-refractivity contribution in [3.05, 3.63) is 40.4 Å². The average molecular weight is 482 g/mol. The smallest absolute Gasteiger partial charge is 0.248 e. The highest BCUT2D eigenvalue weighted by atomic mass is 32.1. The number of hydrogen-bond acceptors (Lipinski definition) is 6. The van der Waals surface area contributed by atoms with Gasteiger partial charge in [0.05, 0.1) is 12.5 Å². The molecule has 7 nitrogen and oxygen atoms in total. The standard InChI is InChI=1S/C23H33F2N5O2S/c1-6-7-18(27-19(31)12-15-10-16(24)13-17(25)11-15)20(32)28-22-30-29-21(33-22)14(2)26-9-8-23(3,4)5/h10-11,13-14,18,26H,6-9,12H2,1-5H3,(H,27,31)(H,28,30,32). The summed E-state index contributed by atoms with van der Waals surface area (Å²) in [5.74, 6) is -2.42. The summed E-state index contributed by atoms with van der Waals surface area (Å²) >= 11 is 1.27. The van der Waals surface area contributed by atoms with Crippen LogP contribution in [-0.2, 0) is 16.0 Å². The van der Waals surface area contributed by atoms with Crippen molar-refractivity contribution in [2.24, 2.45) is 5.41 Å². The van der Waals surface area contributed by atoms with Gasteiger partial charge >= 0.3 is 0 Å². The summed E-state index contributed by atoms with van der Waals surface area (Å²) < 4.78 is 26.7. The van der Waals surface area contributed by atoms with Gasteiger partial charge in [0.15, 0.2) is 0 Å². The molecule has 3 N–H and O–H groups in total. The van der Waals surface area contributed by atoms with Crippen LogP contribution in [0, 0.1) is 17.0 Å². The zero-order valence-electron chi connectivity index (χ0n) is 19.8. The van der Waals surface area contributed by atoms with E-state index in [2.05, 4.69) is 46.9 Å². The fourth-order valence-corrected chi connectivity index (χ4v) is 3.88. The molecule has 2 aromatic rings. The summed E-state index contributed by atoms with van der Waals surface area (Å²) in [6, 6.07) is 2.13. The Kier molecular flexibility index (Phi) is 9.85. The van der Waals surface area contributed by atoms with E-state index in [9.17, 15) is 18.4 Å². The number of benzene rings is 1. The minimum atomic E-state index is -0.796. The van der Waals surface area contributed by atoms with Gasteiger partial charge in [0.25, 0.3) is 0 Å². The number of carbonyl (C=O) groups excluding carboxylic acids is 2. The Morgan fingerprint density at radius 1 is 1.12 bits per heavy atom. The molecule has 2 unspecified atom stereocenters. The Morgan fingerprint density at radius 2 is 1.79 bits per heavy atom. The SMILES string of the molecule is CCCC(NC(=O)Cc1cc(F)cc(F)c1)C(=O)Nc1nnc(C(C)NCCC(C)(C)C)s1. The number of anilines is 1. The van der Waals surface area contributed by atoms with E-state index in [0.29, 0.717) is 18.0 Å². The molecule has 0 aliphatic heterocycles. The summed E-state index contributed by atoms with van der Waals surface area (Å²) in [4.78, 5) is 25.1. The fraction of sp³-hybridized carbons (Fsp3) is 0.565. The first kappa shape index (κ1) is 26.8. The first-order valence-electron chi connectivity index (χ1n) is 11.1. The van der Waals surface area contributed by atoms with Gasteiger partial charge in [-0.3, -0.25) is 14.9 Å². The third-order valence-electron chi connectivity index (χ3n) is 4.88. The lowest BCUT2D eigenvalue weighted by Gasteiger charge is -2.19. The molecule has 2 amide bonds. The van der Waals surface area contributed by atoms with Crippen molar-refractivity contribution in [2.75, 3.05) is 11.9 Å². The van der Waals surface area contributed by atoms with Gasteiger partial charge in [-0.1, -0.05) is 45.5 Å². The molecule has 1 heterocycles. The summed E-state index contributed by atoms with van der Waals surface area (Å²) in [6.07, 6.45) is 1.85. The minimum absolute atomic E-state index is 0.00620. The zero-order chi connectivity index (χ0) is 24.6. The van der Waals surface area contributed by atoms with Crippen LogP contribution in [0.5, 0.6) is 0 Å². The number of nitrogens with one attached hydrogen (secondary N) is 3. The molecule has 0 bridgehead atoms. The summed E-state index contributed by atoms with van der Waals surface area (Å²) in [6.45, 7) is 11.3. The van der Waals surface area contributed by atoms with E-state index in [-0.39, 0.29) is 23.4 Å². The van der Waals surface area contributed by atoms with E-state index in [1.807, 2.05) is 13.8 Å². The molecule has 1 aromatic carbocycles. The van der Waals surface area contributed by atoms with Crippen molar-refractivity contribution < 1.29 is 18.4 Å². The molecule has 0 aliphatic rings. The van der Waals surface area contributed by atoms with Gasteiger partial charge in [0.2, 0.25) is 16.9 Å². The molecule has 10 heteroatoms. The topological polar surface area (TPSA) is 96.0 Å². The van der Waals surface area contributed by atoms with Gasteiger partial charge in [0.1, 0.15) is 22.7 Å². The molecule has 0 aliphatic carbocycles. The lowest BCUT2D eigenvalue weighted by atomic mass is 9.92. The van der Waals surface area contributed by atoms with Crippen LogP contribution in [0.3, 0.4) is 0 Å². The van der Waals surface area contributed by atoms with Crippen LogP contribution < -0.4 is 16.0 Å². The predicted molar refractivity (Wildman–Crippen MR) is 126 cm³/mol. The molecule has 2 atom stereocenters. The summed E-state index contributed by atoms with van der Waals surface area (Å²) in [5.41, 5.74) is 0.427. The Bertz CT molecular complexity index is 925. The predicted octanol–water partition coefficient (Wildman–Crippen LogP) is 4.37. The van der Waals surface area contributed by atoms with Gasteiger partial charge in [-0.2, -0.15) is 0 Å². The maximum atomic E-state index is 13.4. The van der Waals surface area contributed by atoms with Gasteiger partial charge in [-0.05, 0) is 49.4 Å². The largest absolute Gasteiger partial charge is 0.344 e. The number of rotatable bonds is 11. The number of hydrogen-bond donors (Lipinski definition) is 3. The molecule has 182 valence electrons. The second kappa shape index (κ2) is 12.1. The van der Waals surface area contributed by atoms with Crippen LogP contribution >= 0.6 is 11.3 Å². The summed E-state index contributed by atoms with van der Waals surface area (Å²) in [5, 5.41) is 18.1. The molecule has 33 heavy (non-hydrogen) atoms. The monoisotopic (exact) mass is 481 g/mol. The van der Waals surface area contributed by atoms with Gasteiger partial charge < -0.3 is 10.6 Å². The molecule has 2 rings (SSSR count). The molecule has 1 aromatic heterocycles. The zero-order valence-corrected chi connectivity index (χ0v) is 20.6. The number of amides is 2. The van der Waals surface area contributed by atoms with Crippen molar-refractivity contribution >= 4 is 28.3 Å². The highest BCUT2D eigenvalue weighted by Crippen LogP contribution is 2.23. The normalized spacial score (nSPS) is 13.4. The fourth-order valence-electron chi connectivity index (χ4n) is 3.10. The van der Waals surface area contributed by atoms with E-state index in [4.69, 9.17) is 0 Å². The van der Waals surface area contributed by atoms with E-state index in [1.165, 1.54) is 11.3 Å². The Morgan fingerprint density at radius 3 is 2.39 bits per heavy atom. The van der Waals surface area contributed by atoms with Crippen LogP contribution in [0.2, 0.25) is 0 Å². The maximum absolute atomic E-state index is 13.4. The quantitative estimate of drug-likeness (QED) is 0.443. The number of halogens is 2. The number of carbonyl (C=O) groups is 2. The van der Waals surface area contributed by atoms with Crippen molar-refractivity contribution in [2.45, 2.75) is 72.4 Å². The van der Waals surface area contributed by atoms with Crippen molar-refractivity contribution in [1.82, 2.24) is 20.8 Å². The lowest BCUT2D eigenvalue weighted by molar-refractivity contribution is -0.126. The van der Waals surface area contributed by atoms with Gasteiger partial charge in [-0.25, -0.2) is 8.78 Å². The van der Waals surface area contributed by atoms with Crippen LogP contribution in [-0.4, -0.2) is 34.6 Å². The number of nitrogens with zero attached hydrogens (tertiary/aromatic N) is 2. The van der Waals surface area contributed by atoms with Crippen molar-refractivity contribution in [3.63, 3.8) is 0 Å². The summed E-state index contributed by atoms with van der Waals surface area (Å²) in [7, 11) is 0. The molecule has 0 fully saturated rings. The van der Waals surface area contributed by atoms with E-state index in [1.54, 1.807) is 0 Å². The highest BCUT2D eigenvalue weighted by Gasteiger charge is 2.22. The average Bonchev–Trinajstić information content (AvgIpc) is 3.14. The Hall–Kier alpha value is -2.46. The molecule has 0 saturated heterocycles. The van der Waals surface area contributed by atoms with E-state index >= 15 is 0 Å². The first-order chi connectivity index (χ1) is 15.5. The first-order valence-corrected chi connectivity index (χ1v) is 11.9.